The second-order valence-corrected chi connectivity index (χ2v) is 9.39. The van der Waals surface area contributed by atoms with Gasteiger partial charge < -0.3 is 15.5 Å². The summed E-state index contributed by atoms with van der Waals surface area (Å²) in [5.41, 5.74) is 0.999. The lowest BCUT2D eigenvalue weighted by atomic mass is 9.86. The fraction of sp³-hybridized carbons (Fsp3) is 0.375. The summed E-state index contributed by atoms with van der Waals surface area (Å²) in [6.07, 6.45) is 3.91. The molecule has 0 unspecified atom stereocenters. The summed E-state index contributed by atoms with van der Waals surface area (Å²) in [5.74, 6) is 1.04. The first-order chi connectivity index (χ1) is 15.4. The molecule has 1 aliphatic carbocycles. The highest BCUT2D eigenvalue weighted by atomic mass is 79.9. The van der Waals surface area contributed by atoms with E-state index in [1.54, 1.807) is 6.07 Å². The van der Waals surface area contributed by atoms with E-state index in [1.807, 2.05) is 43.3 Å². The standard InChI is InChI=1S/C24H27BrFN5O/c1-31(2)22-19-5-3-4-6-21(19)29-24(30-22)28-17-10-7-15(8-11-17)14-27-23(32)18-12-9-16(25)13-20(18)26/h3-6,9,12-13,15,17H,7-8,10-11,14H2,1-2H3,(H,27,32)(H,28,29,30). The molecule has 0 spiro atoms. The first-order valence-electron chi connectivity index (χ1n) is 10.8. The fourth-order valence-corrected chi connectivity index (χ4v) is 4.50. The maximum atomic E-state index is 14.0. The number of hydrogen-bond donors (Lipinski definition) is 2. The maximum absolute atomic E-state index is 14.0. The lowest BCUT2D eigenvalue weighted by Crippen LogP contribution is -2.34. The van der Waals surface area contributed by atoms with Crippen LogP contribution in [0.1, 0.15) is 36.0 Å². The number of nitrogens with one attached hydrogen (secondary N) is 2. The van der Waals surface area contributed by atoms with Crippen molar-refractivity contribution in [2.75, 3.05) is 30.9 Å². The van der Waals surface area contributed by atoms with Gasteiger partial charge in [0.15, 0.2) is 0 Å². The third-order valence-electron chi connectivity index (χ3n) is 5.91. The van der Waals surface area contributed by atoms with E-state index in [-0.39, 0.29) is 11.5 Å². The van der Waals surface area contributed by atoms with Gasteiger partial charge in [0.2, 0.25) is 5.95 Å². The molecule has 1 heterocycles. The molecular formula is C24H27BrFN5O. The smallest absolute Gasteiger partial charge is 0.254 e. The quantitative estimate of drug-likeness (QED) is 0.499. The van der Waals surface area contributed by atoms with E-state index in [4.69, 9.17) is 9.97 Å². The molecule has 2 N–H and O–H groups in total. The number of benzene rings is 2. The van der Waals surface area contributed by atoms with Gasteiger partial charge in [-0.15, -0.1) is 0 Å². The average molecular weight is 500 g/mol. The molecule has 4 rings (SSSR count). The molecule has 1 amide bonds. The Bertz CT molecular complexity index is 1110. The topological polar surface area (TPSA) is 70.2 Å². The highest BCUT2D eigenvalue weighted by Gasteiger charge is 2.23. The van der Waals surface area contributed by atoms with Gasteiger partial charge in [0.1, 0.15) is 11.6 Å². The molecule has 0 atom stereocenters. The predicted molar refractivity (Wildman–Crippen MR) is 130 cm³/mol. The van der Waals surface area contributed by atoms with Crippen molar-refractivity contribution in [3.8, 4) is 0 Å². The zero-order valence-electron chi connectivity index (χ0n) is 18.2. The normalized spacial score (nSPS) is 18.4. The molecule has 1 saturated carbocycles. The number of halogens is 2. The number of para-hydroxylation sites is 1. The third kappa shape index (κ3) is 5.18. The Morgan fingerprint density at radius 2 is 1.88 bits per heavy atom. The van der Waals surface area contributed by atoms with Gasteiger partial charge >= 0.3 is 0 Å². The van der Waals surface area contributed by atoms with E-state index < -0.39 is 5.82 Å². The predicted octanol–water partition coefficient (Wildman–Crippen LogP) is 5.00. The molecule has 0 aliphatic heterocycles. The minimum Gasteiger partial charge on any atom is -0.362 e. The van der Waals surface area contributed by atoms with Crippen LogP contribution in [0.15, 0.2) is 46.9 Å². The number of aromatic nitrogens is 2. The Kier molecular flexibility index (Phi) is 6.89. The molecule has 1 aliphatic rings. The molecule has 0 saturated heterocycles. The number of carbonyl (C=O) groups excluding carboxylic acids is 1. The second kappa shape index (κ2) is 9.81. The molecule has 3 aromatic rings. The van der Waals surface area contributed by atoms with Crippen LogP contribution in [-0.2, 0) is 0 Å². The Morgan fingerprint density at radius 1 is 1.12 bits per heavy atom. The lowest BCUT2D eigenvalue weighted by Gasteiger charge is -2.29. The van der Waals surface area contributed by atoms with Crippen molar-refractivity contribution in [2.45, 2.75) is 31.7 Å². The van der Waals surface area contributed by atoms with Gasteiger partial charge in [0, 0.05) is 36.5 Å². The van der Waals surface area contributed by atoms with E-state index in [0.717, 1.165) is 42.4 Å². The largest absolute Gasteiger partial charge is 0.362 e. The number of carbonyl (C=O) groups is 1. The Balaban J connectivity index is 1.32. The first kappa shape index (κ1) is 22.5. The Hall–Kier alpha value is -2.74. The van der Waals surface area contributed by atoms with Crippen molar-refractivity contribution >= 4 is 44.5 Å². The van der Waals surface area contributed by atoms with Crippen LogP contribution in [0.5, 0.6) is 0 Å². The van der Waals surface area contributed by atoms with Gasteiger partial charge in [-0.25, -0.2) is 9.37 Å². The van der Waals surface area contributed by atoms with E-state index in [9.17, 15) is 9.18 Å². The van der Waals surface area contributed by atoms with E-state index in [0.29, 0.717) is 28.9 Å². The maximum Gasteiger partial charge on any atom is 0.254 e. The number of rotatable bonds is 6. The SMILES string of the molecule is CN(C)c1nc(NC2CCC(CNC(=O)c3ccc(Br)cc3F)CC2)nc2ccccc12. The van der Waals surface area contributed by atoms with Crippen LogP contribution >= 0.6 is 15.9 Å². The van der Waals surface area contributed by atoms with Gasteiger partial charge in [-0.1, -0.05) is 28.1 Å². The third-order valence-corrected chi connectivity index (χ3v) is 6.41. The number of fused-ring (bicyclic) bond motifs is 1. The van der Waals surface area contributed by atoms with Crippen LogP contribution in [0.25, 0.3) is 10.9 Å². The summed E-state index contributed by atoms with van der Waals surface area (Å²) >= 11 is 3.21. The Morgan fingerprint density at radius 3 is 2.59 bits per heavy atom. The first-order valence-corrected chi connectivity index (χ1v) is 11.6. The van der Waals surface area contributed by atoms with Crippen LogP contribution < -0.4 is 15.5 Å². The number of nitrogens with zero attached hydrogens (tertiary/aromatic N) is 3. The molecule has 32 heavy (non-hydrogen) atoms. The molecule has 1 aromatic heterocycles. The minimum absolute atomic E-state index is 0.0775. The lowest BCUT2D eigenvalue weighted by molar-refractivity contribution is 0.0939. The van der Waals surface area contributed by atoms with Crippen LogP contribution in [0, 0.1) is 11.7 Å². The van der Waals surface area contributed by atoms with Crippen molar-refractivity contribution < 1.29 is 9.18 Å². The van der Waals surface area contributed by atoms with Gasteiger partial charge in [-0.2, -0.15) is 4.98 Å². The summed E-state index contributed by atoms with van der Waals surface area (Å²) in [7, 11) is 3.97. The summed E-state index contributed by atoms with van der Waals surface area (Å²) in [6.45, 7) is 0.554. The average Bonchev–Trinajstić information content (AvgIpc) is 2.78. The number of hydrogen-bond acceptors (Lipinski definition) is 5. The van der Waals surface area contributed by atoms with Crippen molar-refractivity contribution in [1.82, 2.24) is 15.3 Å². The Labute approximate surface area is 195 Å². The molecule has 2 aromatic carbocycles. The van der Waals surface area contributed by atoms with Crippen molar-refractivity contribution in [2.24, 2.45) is 5.92 Å². The summed E-state index contributed by atoms with van der Waals surface area (Å²) in [4.78, 5) is 23.7. The second-order valence-electron chi connectivity index (χ2n) is 8.48. The molecular weight excluding hydrogens is 473 g/mol. The molecule has 6 nitrogen and oxygen atoms in total. The minimum atomic E-state index is -0.516. The van der Waals surface area contributed by atoms with Crippen molar-refractivity contribution in [3.63, 3.8) is 0 Å². The van der Waals surface area contributed by atoms with Gasteiger partial charge in [0.05, 0.1) is 11.1 Å². The van der Waals surface area contributed by atoms with Crippen molar-refractivity contribution in [3.05, 3.63) is 58.3 Å². The van der Waals surface area contributed by atoms with Crippen LogP contribution in [0.2, 0.25) is 0 Å². The molecule has 8 heteroatoms. The zero-order valence-corrected chi connectivity index (χ0v) is 19.8. The van der Waals surface area contributed by atoms with E-state index in [2.05, 4.69) is 26.6 Å². The fourth-order valence-electron chi connectivity index (χ4n) is 4.16. The summed E-state index contributed by atoms with van der Waals surface area (Å²) < 4.78 is 14.6. The highest BCUT2D eigenvalue weighted by molar-refractivity contribution is 9.10. The van der Waals surface area contributed by atoms with Gasteiger partial charge in [0.25, 0.3) is 5.91 Å². The monoisotopic (exact) mass is 499 g/mol. The zero-order chi connectivity index (χ0) is 22.7. The van der Waals surface area contributed by atoms with E-state index in [1.165, 1.54) is 12.1 Å². The summed E-state index contributed by atoms with van der Waals surface area (Å²) in [6, 6.07) is 12.8. The van der Waals surface area contributed by atoms with Crippen LogP contribution in [0.4, 0.5) is 16.2 Å². The number of amides is 1. The molecule has 1 fully saturated rings. The molecule has 168 valence electrons. The number of anilines is 2. The highest BCUT2D eigenvalue weighted by Crippen LogP contribution is 2.28. The van der Waals surface area contributed by atoms with Gasteiger partial charge in [-0.05, 0) is 61.9 Å². The van der Waals surface area contributed by atoms with E-state index >= 15 is 0 Å². The van der Waals surface area contributed by atoms with Gasteiger partial charge in [-0.3, -0.25) is 4.79 Å². The molecule has 0 radical (unpaired) electrons. The van der Waals surface area contributed by atoms with Crippen LogP contribution in [0.3, 0.4) is 0 Å². The van der Waals surface area contributed by atoms with Crippen molar-refractivity contribution in [1.29, 1.82) is 0 Å². The van der Waals surface area contributed by atoms with Crippen LogP contribution in [-0.4, -0.2) is 42.6 Å². The summed E-state index contributed by atoms with van der Waals surface area (Å²) in [5, 5.41) is 7.42. The molecule has 0 bridgehead atoms.